The number of carbonyl (C=O) groups excluding carboxylic acids is 2. The van der Waals surface area contributed by atoms with Crippen molar-refractivity contribution in [2.24, 2.45) is 0 Å². The standard InChI is InChI=1S/C30H22BrCl2NO3/c1-30(21-12-13-26(23(31)14-21)37-18-20-10-6-3-7-11-20)28(35)27-24(33)15-22(32)16-25(27)34(29(30)36)17-19-8-4-2-5-9-19/h2-16H,17-18H2,1H3. The second kappa shape index (κ2) is 10.3. The summed E-state index contributed by atoms with van der Waals surface area (Å²) in [6.45, 7) is 2.31. The van der Waals surface area contributed by atoms with Crippen molar-refractivity contribution < 1.29 is 14.3 Å². The Morgan fingerprint density at radius 2 is 1.51 bits per heavy atom. The lowest BCUT2D eigenvalue weighted by Crippen LogP contribution is -2.54. The van der Waals surface area contributed by atoms with E-state index in [1.54, 1.807) is 36.1 Å². The lowest BCUT2D eigenvalue weighted by atomic mass is 9.72. The molecule has 4 aromatic rings. The first-order valence-electron chi connectivity index (χ1n) is 11.7. The van der Waals surface area contributed by atoms with Gasteiger partial charge in [-0.05, 0) is 63.8 Å². The van der Waals surface area contributed by atoms with Crippen LogP contribution in [0.3, 0.4) is 0 Å². The molecule has 4 nitrogen and oxygen atoms in total. The van der Waals surface area contributed by atoms with Gasteiger partial charge in [-0.3, -0.25) is 9.59 Å². The summed E-state index contributed by atoms with van der Waals surface area (Å²) >= 11 is 16.4. The van der Waals surface area contributed by atoms with Gasteiger partial charge in [0.05, 0.1) is 27.3 Å². The minimum atomic E-state index is -1.50. The van der Waals surface area contributed by atoms with E-state index in [9.17, 15) is 9.59 Å². The zero-order valence-electron chi connectivity index (χ0n) is 19.9. The Labute approximate surface area is 233 Å². The molecule has 7 heteroatoms. The Morgan fingerprint density at radius 3 is 2.16 bits per heavy atom. The summed E-state index contributed by atoms with van der Waals surface area (Å²) in [5, 5.41) is 0.569. The van der Waals surface area contributed by atoms with Crippen LogP contribution < -0.4 is 9.64 Å². The third-order valence-electron chi connectivity index (χ3n) is 6.61. The molecule has 1 aliphatic heterocycles. The van der Waals surface area contributed by atoms with Crippen molar-refractivity contribution >= 4 is 56.5 Å². The van der Waals surface area contributed by atoms with Crippen molar-refractivity contribution in [1.82, 2.24) is 0 Å². The van der Waals surface area contributed by atoms with Gasteiger partial charge < -0.3 is 9.64 Å². The van der Waals surface area contributed by atoms with E-state index in [0.717, 1.165) is 11.1 Å². The van der Waals surface area contributed by atoms with Crippen LogP contribution in [0.25, 0.3) is 0 Å². The highest BCUT2D eigenvalue weighted by molar-refractivity contribution is 9.10. The predicted octanol–water partition coefficient (Wildman–Crippen LogP) is 8.02. The fraction of sp³-hybridized carbons (Fsp3) is 0.133. The number of carbonyl (C=O) groups is 2. The van der Waals surface area contributed by atoms with Crippen LogP contribution in [0.4, 0.5) is 5.69 Å². The smallest absolute Gasteiger partial charge is 0.245 e. The van der Waals surface area contributed by atoms with E-state index < -0.39 is 5.41 Å². The van der Waals surface area contributed by atoms with Gasteiger partial charge in [-0.2, -0.15) is 0 Å². The van der Waals surface area contributed by atoms with E-state index in [0.29, 0.717) is 33.1 Å². The van der Waals surface area contributed by atoms with Crippen molar-refractivity contribution in [2.45, 2.75) is 25.5 Å². The lowest BCUT2D eigenvalue weighted by molar-refractivity contribution is -0.122. The van der Waals surface area contributed by atoms with Crippen LogP contribution in [0.5, 0.6) is 5.75 Å². The van der Waals surface area contributed by atoms with Crippen molar-refractivity contribution in [3.8, 4) is 5.75 Å². The maximum absolute atomic E-state index is 14.1. The second-order valence-corrected chi connectivity index (χ2v) is 10.7. The molecule has 0 N–H and O–H groups in total. The monoisotopic (exact) mass is 593 g/mol. The van der Waals surface area contributed by atoms with Crippen LogP contribution in [0, 0.1) is 0 Å². The maximum Gasteiger partial charge on any atom is 0.245 e. The van der Waals surface area contributed by atoms with Gasteiger partial charge in [-0.15, -0.1) is 0 Å². The average molecular weight is 595 g/mol. The predicted molar refractivity (Wildman–Crippen MR) is 151 cm³/mol. The molecule has 0 saturated heterocycles. The topological polar surface area (TPSA) is 46.6 Å². The molecule has 1 unspecified atom stereocenters. The Morgan fingerprint density at radius 1 is 0.865 bits per heavy atom. The lowest BCUT2D eigenvalue weighted by Gasteiger charge is -2.40. The normalized spacial score (nSPS) is 17.0. The number of rotatable bonds is 6. The largest absolute Gasteiger partial charge is 0.488 e. The Bertz CT molecular complexity index is 1490. The summed E-state index contributed by atoms with van der Waals surface area (Å²) in [6, 6.07) is 27.9. The van der Waals surface area contributed by atoms with Gasteiger partial charge in [0, 0.05) is 5.02 Å². The van der Waals surface area contributed by atoms with Gasteiger partial charge in [0.15, 0.2) is 5.78 Å². The number of fused-ring (bicyclic) bond motifs is 1. The molecule has 0 saturated carbocycles. The highest BCUT2D eigenvalue weighted by Crippen LogP contribution is 2.45. The number of hydrogen-bond donors (Lipinski definition) is 0. The zero-order chi connectivity index (χ0) is 26.2. The van der Waals surface area contributed by atoms with Crippen molar-refractivity contribution in [2.75, 3.05) is 4.90 Å². The van der Waals surface area contributed by atoms with Gasteiger partial charge >= 0.3 is 0 Å². The summed E-state index contributed by atoms with van der Waals surface area (Å²) in [5.74, 6) is -0.112. The molecule has 0 spiro atoms. The van der Waals surface area contributed by atoms with E-state index >= 15 is 0 Å². The van der Waals surface area contributed by atoms with Crippen molar-refractivity contribution in [1.29, 1.82) is 0 Å². The molecule has 1 amide bonds. The van der Waals surface area contributed by atoms with Gasteiger partial charge in [-0.1, -0.05) is 89.9 Å². The van der Waals surface area contributed by atoms with Gasteiger partial charge in [0.2, 0.25) is 5.91 Å². The van der Waals surface area contributed by atoms with E-state index in [1.807, 2.05) is 60.7 Å². The summed E-state index contributed by atoms with van der Waals surface area (Å²) in [6.07, 6.45) is 0. The third kappa shape index (κ3) is 4.79. The van der Waals surface area contributed by atoms with Crippen LogP contribution in [-0.4, -0.2) is 11.7 Å². The fourth-order valence-electron chi connectivity index (χ4n) is 4.57. The molecule has 0 bridgehead atoms. The van der Waals surface area contributed by atoms with Crippen LogP contribution in [0.1, 0.15) is 34.0 Å². The van der Waals surface area contributed by atoms with Crippen LogP contribution in [0.15, 0.2) is 95.5 Å². The molecular weight excluding hydrogens is 573 g/mol. The second-order valence-electron chi connectivity index (χ2n) is 9.03. The highest BCUT2D eigenvalue weighted by Gasteiger charge is 2.51. The average Bonchev–Trinajstić information content (AvgIpc) is 2.90. The summed E-state index contributed by atoms with van der Waals surface area (Å²) in [7, 11) is 0. The molecule has 0 aromatic heterocycles. The summed E-state index contributed by atoms with van der Waals surface area (Å²) in [5.41, 5.74) is 1.68. The van der Waals surface area contributed by atoms with Crippen LogP contribution in [-0.2, 0) is 23.4 Å². The van der Waals surface area contributed by atoms with Crippen LogP contribution in [0.2, 0.25) is 10.0 Å². The molecular formula is C30H22BrCl2NO3. The number of nitrogens with zero attached hydrogens (tertiary/aromatic N) is 1. The summed E-state index contributed by atoms with van der Waals surface area (Å²) < 4.78 is 6.62. The van der Waals surface area contributed by atoms with Gasteiger partial charge in [-0.25, -0.2) is 0 Å². The maximum atomic E-state index is 14.1. The molecule has 0 aliphatic carbocycles. The van der Waals surface area contributed by atoms with E-state index in [1.165, 1.54) is 6.07 Å². The number of benzene rings is 4. The number of hydrogen-bond acceptors (Lipinski definition) is 3. The molecule has 1 heterocycles. The molecule has 186 valence electrons. The Kier molecular flexibility index (Phi) is 7.13. The molecule has 1 aliphatic rings. The number of halogens is 3. The van der Waals surface area contributed by atoms with Crippen LogP contribution >= 0.6 is 39.1 Å². The summed E-state index contributed by atoms with van der Waals surface area (Å²) in [4.78, 5) is 29.7. The quantitative estimate of drug-likeness (QED) is 0.212. The Hall–Kier alpha value is -3.12. The molecule has 0 fully saturated rings. The molecule has 37 heavy (non-hydrogen) atoms. The number of Topliss-reactive ketones (excluding diaryl/α,β-unsaturated/α-hetero) is 1. The minimum absolute atomic E-state index is 0.214. The number of amides is 1. The fourth-order valence-corrected chi connectivity index (χ4v) is 5.63. The first-order chi connectivity index (χ1) is 17.8. The first kappa shape index (κ1) is 25.5. The molecule has 1 atom stereocenters. The number of ketones is 1. The molecule has 5 rings (SSSR count). The number of anilines is 1. The van der Waals surface area contributed by atoms with E-state index in [-0.39, 0.29) is 28.8 Å². The SMILES string of the molecule is CC1(c2ccc(OCc3ccccc3)c(Br)c2)C(=O)c2c(Cl)cc(Cl)cc2N(Cc2ccccc2)C1=O. The van der Waals surface area contributed by atoms with E-state index in [2.05, 4.69) is 15.9 Å². The number of ether oxygens (including phenoxy) is 1. The Balaban J connectivity index is 1.55. The first-order valence-corrected chi connectivity index (χ1v) is 13.2. The van der Waals surface area contributed by atoms with Crippen molar-refractivity contribution in [3.63, 3.8) is 0 Å². The van der Waals surface area contributed by atoms with E-state index in [4.69, 9.17) is 27.9 Å². The van der Waals surface area contributed by atoms with Crippen molar-refractivity contribution in [3.05, 3.63) is 128 Å². The van der Waals surface area contributed by atoms with Gasteiger partial charge in [0.25, 0.3) is 0 Å². The third-order valence-corrected chi connectivity index (χ3v) is 7.74. The zero-order valence-corrected chi connectivity index (χ0v) is 23.0. The molecule has 4 aromatic carbocycles. The molecule has 0 radical (unpaired) electrons. The highest BCUT2D eigenvalue weighted by atomic mass is 79.9. The minimum Gasteiger partial charge on any atom is -0.488 e. The van der Waals surface area contributed by atoms with Gasteiger partial charge in [0.1, 0.15) is 17.8 Å².